The number of carbonyl (C=O) groups is 1. The number of nitrogens with zero attached hydrogens (tertiary/aromatic N) is 1. The number of carboxylic acid groups (broad SMARTS) is 1. The lowest BCUT2D eigenvalue weighted by Crippen LogP contribution is -2.10. The van der Waals surface area contributed by atoms with Gasteiger partial charge in [0.05, 0.1) is 5.52 Å². The molecule has 2 aromatic heterocycles. The quantitative estimate of drug-likeness (QED) is 0.748. The van der Waals surface area contributed by atoms with E-state index in [1.165, 1.54) is 6.07 Å². The average molecular weight is 365 g/mol. The number of halogens is 1. The molecule has 0 radical (unpaired) electrons. The van der Waals surface area contributed by atoms with E-state index in [-0.39, 0.29) is 10.4 Å². The summed E-state index contributed by atoms with van der Waals surface area (Å²) in [5.41, 5.74) is 1.13. The van der Waals surface area contributed by atoms with Gasteiger partial charge in [-0.25, -0.2) is 9.78 Å². The lowest BCUT2D eigenvalue weighted by atomic mass is 10.1. The van der Waals surface area contributed by atoms with Crippen molar-refractivity contribution in [2.45, 2.75) is 6.42 Å². The Morgan fingerprint density at radius 2 is 2.05 bits per heavy atom. The van der Waals surface area contributed by atoms with Crippen molar-refractivity contribution >= 4 is 43.5 Å². The van der Waals surface area contributed by atoms with Gasteiger partial charge in [0, 0.05) is 10.9 Å². The van der Waals surface area contributed by atoms with E-state index in [4.69, 9.17) is 5.11 Å². The molecule has 2 heterocycles. The predicted octanol–water partition coefficient (Wildman–Crippen LogP) is 3.04. The molecule has 1 aromatic carbocycles. The summed E-state index contributed by atoms with van der Waals surface area (Å²) in [5.74, 6) is -0.531. The zero-order chi connectivity index (χ0) is 15.0. The van der Waals surface area contributed by atoms with Crippen LogP contribution >= 0.6 is 27.3 Å². The number of rotatable bonds is 3. The normalized spacial score (nSPS) is 10.9. The van der Waals surface area contributed by atoms with Gasteiger partial charge in [0.25, 0.3) is 5.56 Å². The van der Waals surface area contributed by atoms with Crippen LogP contribution in [0.15, 0.2) is 39.6 Å². The first-order valence-electron chi connectivity index (χ1n) is 6.03. The van der Waals surface area contributed by atoms with Gasteiger partial charge in [-0.1, -0.05) is 28.1 Å². The second-order valence-corrected chi connectivity index (χ2v) is 6.41. The lowest BCUT2D eigenvalue weighted by Gasteiger charge is -2.01. The molecule has 0 bridgehead atoms. The maximum Gasteiger partial charge on any atom is 0.345 e. The molecule has 0 aliphatic rings. The zero-order valence-corrected chi connectivity index (χ0v) is 13.0. The second kappa shape index (κ2) is 5.42. The van der Waals surface area contributed by atoms with Crippen LogP contribution in [0.1, 0.15) is 21.1 Å². The van der Waals surface area contributed by atoms with Crippen LogP contribution in [-0.4, -0.2) is 21.0 Å². The summed E-state index contributed by atoms with van der Waals surface area (Å²) in [5, 5.41) is 8.97. The minimum absolute atomic E-state index is 0.115. The molecule has 2 N–H and O–H groups in total. The standard InChI is InChI=1S/C14H9BrN2O3S/c15-8-3-1-7(2-4-8)5-11-16-9-6-10(14(19)20)21-12(9)13(18)17-11/h1-4,6H,5H2,(H,19,20)(H,16,17,18). The predicted molar refractivity (Wildman–Crippen MR) is 84.1 cm³/mol. The number of fused-ring (bicyclic) bond motifs is 1. The molecule has 0 aliphatic carbocycles. The molecule has 0 unspecified atom stereocenters. The highest BCUT2D eigenvalue weighted by Gasteiger charge is 2.13. The van der Waals surface area contributed by atoms with Crippen molar-refractivity contribution in [3.05, 3.63) is 61.4 Å². The molecule has 5 nitrogen and oxygen atoms in total. The summed E-state index contributed by atoms with van der Waals surface area (Å²) in [4.78, 5) is 30.1. The number of nitrogens with one attached hydrogen (secondary N) is 1. The molecule has 0 fully saturated rings. The second-order valence-electron chi connectivity index (χ2n) is 4.45. The SMILES string of the molecule is O=C(O)c1cc2nc(Cc3ccc(Br)cc3)[nH]c(=O)c2s1. The Morgan fingerprint density at radius 3 is 2.71 bits per heavy atom. The van der Waals surface area contributed by atoms with Gasteiger partial charge in [-0.2, -0.15) is 0 Å². The zero-order valence-electron chi connectivity index (χ0n) is 10.6. The molecular formula is C14H9BrN2O3S. The highest BCUT2D eigenvalue weighted by atomic mass is 79.9. The number of H-pyrrole nitrogens is 1. The minimum Gasteiger partial charge on any atom is -0.477 e. The van der Waals surface area contributed by atoms with Gasteiger partial charge in [0.1, 0.15) is 15.4 Å². The van der Waals surface area contributed by atoms with Gasteiger partial charge in [0.15, 0.2) is 0 Å². The van der Waals surface area contributed by atoms with Crippen LogP contribution in [0.4, 0.5) is 0 Å². The first-order valence-corrected chi connectivity index (χ1v) is 7.64. The van der Waals surface area contributed by atoms with Crippen molar-refractivity contribution < 1.29 is 9.90 Å². The third-order valence-corrected chi connectivity index (χ3v) is 4.57. The number of hydrogen-bond donors (Lipinski definition) is 2. The monoisotopic (exact) mass is 364 g/mol. The van der Waals surface area contributed by atoms with E-state index in [2.05, 4.69) is 25.9 Å². The smallest absolute Gasteiger partial charge is 0.345 e. The summed E-state index contributed by atoms with van der Waals surface area (Å²) in [6, 6.07) is 9.13. The van der Waals surface area contributed by atoms with Crippen LogP contribution in [0.5, 0.6) is 0 Å². The van der Waals surface area contributed by atoms with E-state index in [0.29, 0.717) is 22.5 Å². The highest BCUT2D eigenvalue weighted by Crippen LogP contribution is 2.21. The third kappa shape index (κ3) is 2.88. The van der Waals surface area contributed by atoms with Crippen LogP contribution < -0.4 is 5.56 Å². The van der Waals surface area contributed by atoms with E-state index in [0.717, 1.165) is 21.4 Å². The summed E-state index contributed by atoms with van der Waals surface area (Å²) in [6.45, 7) is 0. The summed E-state index contributed by atoms with van der Waals surface area (Å²) in [6.07, 6.45) is 0.483. The maximum atomic E-state index is 12.0. The average Bonchev–Trinajstić information content (AvgIpc) is 2.86. The van der Waals surface area contributed by atoms with Crippen molar-refractivity contribution in [2.24, 2.45) is 0 Å². The van der Waals surface area contributed by atoms with Crippen LogP contribution in [0.2, 0.25) is 0 Å². The number of hydrogen-bond acceptors (Lipinski definition) is 4. The third-order valence-electron chi connectivity index (χ3n) is 2.93. The number of aromatic nitrogens is 2. The van der Waals surface area contributed by atoms with Crippen molar-refractivity contribution in [1.82, 2.24) is 9.97 Å². The van der Waals surface area contributed by atoms with E-state index in [1.54, 1.807) is 0 Å². The van der Waals surface area contributed by atoms with E-state index < -0.39 is 5.97 Å². The summed E-state index contributed by atoms with van der Waals surface area (Å²) < 4.78 is 1.32. The van der Waals surface area contributed by atoms with Gasteiger partial charge in [0.2, 0.25) is 0 Å². The molecule has 0 amide bonds. The van der Waals surface area contributed by atoms with E-state index in [9.17, 15) is 9.59 Å². The van der Waals surface area contributed by atoms with Gasteiger partial charge in [-0.3, -0.25) is 4.79 Å². The van der Waals surface area contributed by atoms with Crippen molar-refractivity contribution in [1.29, 1.82) is 0 Å². The van der Waals surface area contributed by atoms with Crippen LogP contribution in [0.3, 0.4) is 0 Å². The number of thiophene rings is 1. The molecule has 3 rings (SSSR count). The molecule has 0 saturated carbocycles. The fraction of sp³-hybridized carbons (Fsp3) is 0.0714. The largest absolute Gasteiger partial charge is 0.477 e. The number of carboxylic acids is 1. The van der Waals surface area contributed by atoms with Crippen LogP contribution in [-0.2, 0) is 6.42 Å². The minimum atomic E-state index is -1.05. The Bertz CT molecular complexity index is 883. The van der Waals surface area contributed by atoms with Gasteiger partial charge in [-0.15, -0.1) is 11.3 Å². The molecule has 0 aliphatic heterocycles. The van der Waals surface area contributed by atoms with Crippen molar-refractivity contribution in [3.63, 3.8) is 0 Å². The first-order chi connectivity index (χ1) is 10.0. The fourth-order valence-corrected chi connectivity index (χ4v) is 3.07. The molecule has 3 aromatic rings. The Labute approximate surface area is 131 Å². The highest BCUT2D eigenvalue weighted by molar-refractivity contribution is 9.10. The molecule has 106 valence electrons. The Hall–Kier alpha value is -1.99. The summed E-state index contributed by atoms with van der Waals surface area (Å²) >= 11 is 4.30. The van der Waals surface area contributed by atoms with Gasteiger partial charge in [-0.05, 0) is 23.8 Å². The molecule has 0 saturated heterocycles. The number of benzene rings is 1. The Morgan fingerprint density at radius 1 is 1.33 bits per heavy atom. The maximum absolute atomic E-state index is 12.0. The molecule has 7 heteroatoms. The molecular weight excluding hydrogens is 356 g/mol. The van der Waals surface area contributed by atoms with Crippen LogP contribution in [0, 0.1) is 0 Å². The first kappa shape index (κ1) is 14.0. The van der Waals surface area contributed by atoms with Crippen molar-refractivity contribution in [3.8, 4) is 0 Å². The fourth-order valence-electron chi connectivity index (χ4n) is 1.97. The summed E-state index contributed by atoms with van der Waals surface area (Å²) in [7, 11) is 0. The Kier molecular flexibility index (Phi) is 3.60. The van der Waals surface area contributed by atoms with Crippen molar-refractivity contribution in [2.75, 3.05) is 0 Å². The lowest BCUT2D eigenvalue weighted by molar-refractivity contribution is 0.0702. The van der Waals surface area contributed by atoms with Gasteiger partial charge >= 0.3 is 5.97 Å². The van der Waals surface area contributed by atoms with Gasteiger partial charge < -0.3 is 10.1 Å². The Balaban J connectivity index is 2.01. The molecule has 21 heavy (non-hydrogen) atoms. The van der Waals surface area contributed by atoms with E-state index >= 15 is 0 Å². The molecule has 0 atom stereocenters. The molecule has 0 spiro atoms. The van der Waals surface area contributed by atoms with E-state index in [1.807, 2.05) is 24.3 Å². The topological polar surface area (TPSA) is 83.0 Å². The number of aromatic amines is 1. The van der Waals surface area contributed by atoms with Crippen LogP contribution in [0.25, 0.3) is 10.2 Å². The number of aromatic carboxylic acids is 1.